The van der Waals surface area contributed by atoms with Crippen molar-refractivity contribution in [2.75, 3.05) is 0 Å². The molecule has 1 unspecified atom stereocenters. The van der Waals surface area contributed by atoms with Gasteiger partial charge in [0, 0.05) is 5.04 Å². The lowest BCUT2D eigenvalue weighted by Gasteiger charge is -2.31. The van der Waals surface area contributed by atoms with Crippen molar-refractivity contribution in [3.05, 3.63) is 41.0 Å². The smallest absolute Gasteiger partial charge is 0.0589 e. The summed E-state index contributed by atoms with van der Waals surface area (Å²) in [7, 11) is -0.340. The first-order chi connectivity index (χ1) is 6.56. The summed E-state index contributed by atoms with van der Waals surface area (Å²) in [5, 5.41) is 0.348. The van der Waals surface area contributed by atoms with Gasteiger partial charge < -0.3 is 0 Å². The highest BCUT2D eigenvalue weighted by Gasteiger charge is 2.37. The van der Waals surface area contributed by atoms with Crippen molar-refractivity contribution >= 4 is 14.9 Å². The van der Waals surface area contributed by atoms with Crippen LogP contribution in [0, 0.1) is 0 Å². The molecule has 0 bridgehead atoms. The molecule has 0 fully saturated rings. The van der Waals surface area contributed by atoms with Crippen molar-refractivity contribution in [1.29, 1.82) is 0 Å². The molecule has 1 aliphatic rings. The fraction of sp³-hybridized carbons (Fsp3) is 0.385. The first kappa shape index (κ1) is 9.72. The summed E-state index contributed by atoms with van der Waals surface area (Å²) in [6.45, 7) is 9.49. The summed E-state index contributed by atoms with van der Waals surface area (Å²) in [5.74, 6) is 0. The van der Waals surface area contributed by atoms with Crippen LogP contribution in [0.4, 0.5) is 0 Å². The van der Waals surface area contributed by atoms with E-state index in [-0.39, 0.29) is 8.80 Å². The first-order valence-corrected chi connectivity index (χ1v) is 7.65. The Morgan fingerprint density at radius 1 is 1.14 bits per heavy atom. The number of benzene rings is 1. The van der Waals surface area contributed by atoms with Gasteiger partial charge in [-0.3, -0.25) is 0 Å². The van der Waals surface area contributed by atoms with Gasteiger partial charge in [-0.05, 0) is 18.1 Å². The second-order valence-corrected chi connectivity index (χ2v) is 7.54. The Morgan fingerprint density at radius 2 is 1.79 bits per heavy atom. The summed E-state index contributed by atoms with van der Waals surface area (Å²) in [5.41, 5.74) is 4.51. The van der Waals surface area contributed by atoms with Gasteiger partial charge in [-0.25, -0.2) is 0 Å². The first-order valence-electron chi connectivity index (χ1n) is 5.15. The van der Waals surface area contributed by atoms with Gasteiger partial charge in [0.05, 0.1) is 8.80 Å². The van der Waals surface area contributed by atoms with Gasteiger partial charge in [0.15, 0.2) is 0 Å². The molecule has 1 radical (unpaired) electrons. The summed E-state index contributed by atoms with van der Waals surface area (Å²) >= 11 is 0. The predicted molar refractivity (Wildman–Crippen MR) is 64.9 cm³/mol. The Bertz CT molecular complexity index is 390. The highest BCUT2D eigenvalue weighted by molar-refractivity contribution is 6.60. The van der Waals surface area contributed by atoms with E-state index in [0.29, 0.717) is 5.04 Å². The van der Waals surface area contributed by atoms with Gasteiger partial charge in [0.2, 0.25) is 0 Å². The molecule has 0 aromatic heterocycles. The van der Waals surface area contributed by atoms with Gasteiger partial charge in [-0.2, -0.15) is 0 Å². The minimum Gasteiger partial charge on any atom is -0.0702 e. The van der Waals surface area contributed by atoms with E-state index in [1.54, 1.807) is 0 Å². The monoisotopic (exact) mass is 201 g/mol. The van der Waals surface area contributed by atoms with Crippen molar-refractivity contribution in [2.24, 2.45) is 0 Å². The maximum Gasteiger partial charge on any atom is 0.0589 e. The molecule has 0 saturated carbocycles. The Labute approximate surface area is 88.3 Å². The van der Waals surface area contributed by atoms with E-state index in [4.69, 9.17) is 0 Å². The molecule has 1 aromatic rings. The third-order valence-electron chi connectivity index (χ3n) is 3.66. The van der Waals surface area contributed by atoms with Crippen LogP contribution >= 0.6 is 0 Å². The van der Waals surface area contributed by atoms with Gasteiger partial charge >= 0.3 is 0 Å². The number of rotatable bonds is 1. The quantitative estimate of drug-likeness (QED) is 0.608. The van der Waals surface area contributed by atoms with Crippen molar-refractivity contribution in [3.8, 4) is 0 Å². The Kier molecular flexibility index (Phi) is 2.15. The van der Waals surface area contributed by atoms with Gasteiger partial charge in [0.25, 0.3) is 0 Å². The lowest BCUT2D eigenvalue weighted by atomic mass is 9.97. The van der Waals surface area contributed by atoms with E-state index >= 15 is 0 Å². The Morgan fingerprint density at radius 3 is 2.43 bits per heavy atom. The number of fused-ring (bicyclic) bond motifs is 1. The van der Waals surface area contributed by atoms with Crippen LogP contribution in [-0.4, -0.2) is 8.80 Å². The lowest BCUT2D eigenvalue weighted by molar-refractivity contribution is 0.792. The molecule has 1 heteroatoms. The lowest BCUT2D eigenvalue weighted by Crippen LogP contribution is -2.35. The standard InChI is InChI=1S/C13H17Si/c1-10-9-11-7-5-6-8-12(11)13(10,2)14(3)4/h5-9H,1-4H3. The fourth-order valence-corrected chi connectivity index (χ4v) is 3.96. The van der Waals surface area contributed by atoms with E-state index in [9.17, 15) is 0 Å². The Balaban J connectivity index is 2.62. The molecule has 0 spiro atoms. The molecular weight excluding hydrogens is 184 g/mol. The number of allylic oxidation sites excluding steroid dienone is 1. The molecule has 0 aliphatic heterocycles. The van der Waals surface area contributed by atoms with E-state index in [1.807, 2.05) is 0 Å². The molecule has 0 N–H and O–H groups in total. The summed E-state index contributed by atoms with van der Waals surface area (Å²) < 4.78 is 0. The minimum atomic E-state index is -0.340. The van der Waals surface area contributed by atoms with Crippen LogP contribution < -0.4 is 0 Å². The van der Waals surface area contributed by atoms with Crippen LogP contribution in [0.25, 0.3) is 6.08 Å². The summed E-state index contributed by atoms with van der Waals surface area (Å²) in [4.78, 5) is 0. The molecule has 2 rings (SSSR count). The average Bonchev–Trinajstić information content (AvgIpc) is 2.41. The van der Waals surface area contributed by atoms with Crippen LogP contribution in [0.1, 0.15) is 25.0 Å². The third kappa shape index (κ3) is 1.12. The van der Waals surface area contributed by atoms with E-state index in [2.05, 4.69) is 57.3 Å². The molecule has 73 valence electrons. The molecule has 14 heavy (non-hydrogen) atoms. The molecule has 1 atom stereocenters. The highest BCUT2D eigenvalue weighted by Crippen LogP contribution is 2.42. The van der Waals surface area contributed by atoms with Crippen molar-refractivity contribution < 1.29 is 0 Å². The molecule has 0 amide bonds. The van der Waals surface area contributed by atoms with Crippen LogP contribution in [0.15, 0.2) is 29.8 Å². The minimum absolute atomic E-state index is 0.340. The molecular formula is C13H17Si. The zero-order valence-corrected chi connectivity index (χ0v) is 10.4. The van der Waals surface area contributed by atoms with Crippen molar-refractivity contribution in [2.45, 2.75) is 32.0 Å². The topological polar surface area (TPSA) is 0 Å². The predicted octanol–water partition coefficient (Wildman–Crippen LogP) is 3.65. The third-order valence-corrected chi connectivity index (χ3v) is 6.32. The fourth-order valence-electron chi connectivity index (χ4n) is 2.33. The Hall–Kier alpha value is -0.823. The molecule has 1 aromatic carbocycles. The molecule has 0 nitrogen and oxygen atoms in total. The van der Waals surface area contributed by atoms with Gasteiger partial charge in [0.1, 0.15) is 0 Å². The second kappa shape index (κ2) is 3.09. The van der Waals surface area contributed by atoms with E-state index < -0.39 is 0 Å². The SMILES string of the molecule is CC1=Cc2ccccc2C1(C)[Si](C)C. The number of hydrogen-bond donors (Lipinski definition) is 0. The average molecular weight is 201 g/mol. The zero-order chi connectivity index (χ0) is 10.3. The van der Waals surface area contributed by atoms with Gasteiger partial charge in [-0.15, -0.1) is 0 Å². The second-order valence-electron chi connectivity index (χ2n) is 4.54. The number of hydrogen-bond acceptors (Lipinski definition) is 0. The zero-order valence-electron chi connectivity index (χ0n) is 9.39. The van der Waals surface area contributed by atoms with Crippen LogP contribution in [0.2, 0.25) is 13.1 Å². The van der Waals surface area contributed by atoms with Crippen molar-refractivity contribution in [1.82, 2.24) is 0 Å². The molecule has 0 saturated heterocycles. The van der Waals surface area contributed by atoms with E-state index in [0.717, 1.165) is 0 Å². The summed E-state index contributed by atoms with van der Waals surface area (Å²) in [6, 6.07) is 8.81. The highest BCUT2D eigenvalue weighted by atomic mass is 28.3. The molecule has 0 heterocycles. The molecule has 1 aliphatic carbocycles. The largest absolute Gasteiger partial charge is 0.0702 e. The van der Waals surface area contributed by atoms with Crippen LogP contribution in [-0.2, 0) is 5.04 Å². The van der Waals surface area contributed by atoms with E-state index in [1.165, 1.54) is 16.7 Å². The maximum atomic E-state index is 2.41. The van der Waals surface area contributed by atoms with Crippen molar-refractivity contribution in [3.63, 3.8) is 0 Å². The van der Waals surface area contributed by atoms with Gasteiger partial charge in [-0.1, -0.05) is 55.9 Å². The normalized spacial score (nSPS) is 25.1. The maximum absolute atomic E-state index is 2.41. The van der Waals surface area contributed by atoms with Crippen LogP contribution in [0.5, 0.6) is 0 Å². The summed E-state index contributed by atoms with van der Waals surface area (Å²) in [6.07, 6.45) is 2.35. The van der Waals surface area contributed by atoms with Crippen LogP contribution in [0.3, 0.4) is 0 Å².